The van der Waals surface area contributed by atoms with Gasteiger partial charge in [-0.3, -0.25) is 24.1 Å². The van der Waals surface area contributed by atoms with Gasteiger partial charge in [0.15, 0.2) is 23.1 Å². The van der Waals surface area contributed by atoms with Crippen LogP contribution in [0.4, 0.5) is 0 Å². The molecule has 1 saturated heterocycles. The van der Waals surface area contributed by atoms with Gasteiger partial charge in [0.1, 0.15) is 0 Å². The highest BCUT2D eigenvalue weighted by atomic mass is 16.5. The van der Waals surface area contributed by atoms with E-state index in [-0.39, 0.29) is 47.2 Å². The number of fused-ring (bicyclic) bond motifs is 3. The number of amides is 2. The van der Waals surface area contributed by atoms with Crippen LogP contribution >= 0.6 is 0 Å². The minimum Gasteiger partial charge on any atom is -0.504 e. The second-order valence-corrected chi connectivity index (χ2v) is 9.08. The molecule has 5 rings (SSSR count). The zero-order valence-corrected chi connectivity index (χ0v) is 18.8. The van der Waals surface area contributed by atoms with Crippen molar-refractivity contribution < 1.29 is 29.0 Å². The number of phenols is 1. The molecule has 1 fully saturated rings. The maximum Gasteiger partial charge on any atom is 0.233 e. The number of benzene rings is 1. The fraction of sp³-hybridized carbons (Fsp3) is 0.385. The monoisotopic (exact) mass is 447 g/mol. The van der Waals surface area contributed by atoms with Crippen LogP contribution in [0.25, 0.3) is 0 Å². The number of rotatable bonds is 3. The van der Waals surface area contributed by atoms with Gasteiger partial charge in [0.25, 0.3) is 0 Å². The van der Waals surface area contributed by atoms with Gasteiger partial charge in [-0.05, 0) is 56.4 Å². The predicted molar refractivity (Wildman–Crippen MR) is 118 cm³/mol. The molecule has 0 saturated carbocycles. The van der Waals surface area contributed by atoms with E-state index < -0.39 is 17.8 Å². The second-order valence-electron chi connectivity index (χ2n) is 9.08. The number of hydrogen-bond donors (Lipinski definition) is 1. The highest BCUT2D eigenvalue weighted by Gasteiger charge is 2.55. The van der Waals surface area contributed by atoms with E-state index in [1.54, 1.807) is 26.0 Å². The lowest BCUT2D eigenvalue weighted by Crippen LogP contribution is -2.39. The molecule has 1 aromatic rings. The Hall–Kier alpha value is -3.48. The molecule has 0 radical (unpaired) electrons. The fourth-order valence-corrected chi connectivity index (χ4v) is 5.99. The Morgan fingerprint density at radius 2 is 1.88 bits per heavy atom. The van der Waals surface area contributed by atoms with Crippen LogP contribution in [0.15, 0.2) is 52.6 Å². The first-order chi connectivity index (χ1) is 15.8. The van der Waals surface area contributed by atoms with Gasteiger partial charge in [0.05, 0.1) is 18.9 Å². The van der Waals surface area contributed by atoms with Crippen molar-refractivity contribution in [3.63, 3.8) is 0 Å². The summed E-state index contributed by atoms with van der Waals surface area (Å²) >= 11 is 0. The second kappa shape index (κ2) is 7.54. The van der Waals surface area contributed by atoms with Crippen molar-refractivity contribution in [2.75, 3.05) is 13.7 Å². The van der Waals surface area contributed by atoms with E-state index in [4.69, 9.17) is 4.74 Å². The molecule has 1 aromatic carbocycles. The average molecular weight is 447 g/mol. The number of ether oxygens (including phenoxy) is 1. The summed E-state index contributed by atoms with van der Waals surface area (Å²) in [4.78, 5) is 53.7. The number of carbonyl (C=O) groups excluding carboxylic acids is 4. The molecule has 1 N–H and O–H groups in total. The molecule has 4 atom stereocenters. The van der Waals surface area contributed by atoms with Crippen LogP contribution in [0, 0.1) is 17.8 Å². The standard InChI is InChI=1S/C26H25NO6/c1-4-27-25(31)15-7-6-14-16(22(15)26(27)32)11-17-19(29)9-12(2)24(30)23(17)21(14)13-5-8-18(28)20(10-13)33-3/h5-6,8-10,15-16,21-22,28H,4,7,11H2,1-3H3/t15-,16+,21-,22-/m0/s1. The molecule has 7 nitrogen and oxygen atoms in total. The zero-order chi connectivity index (χ0) is 23.6. The molecule has 3 aliphatic carbocycles. The first-order valence-corrected chi connectivity index (χ1v) is 11.2. The third-order valence-corrected chi connectivity index (χ3v) is 7.51. The summed E-state index contributed by atoms with van der Waals surface area (Å²) in [5.41, 5.74) is 2.81. The van der Waals surface area contributed by atoms with E-state index in [0.717, 1.165) is 5.57 Å². The van der Waals surface area contributed by atoms with Gasteiger partial charge in [0, 0.05) is 29.2 Å². The summed E-state index contributed by atoms with van der Waals surface area (Å²) in [6, 6.07) is 4.89. The van der Waals surface area contributed by atoms with Gasteiger partial charge in [0.2, 0.25) is 11.8 Å². The van der Waals surface area contributed by atoms with Crippen molar-refractivity contribution in [1.82, 2.24) is 4.90 Å². The van der Waals surface area contributed by atoms with E-state index in [1.807, 2.05) is 6.08 Å². The Morgan fingerprint density at radius 3 is 2.58 bits per heavy atom. The highest BCUT2D eigenvalue weighted by Crippen LogP contribution is 2.55. The molecule has 0 unspecified atom stereocenters. The summed E-state index contributed by atoms with van der Waals surface area (Å²) in [5.74, 6) is -2.40. The lowest BCUT2D eigenvalue weighted by Gasteiger charge is -2.42. The molecule has 0 aromatic heterocycles. The van der Waals surface area contributed by atoms with Gasteiger partial charge in [-0.25, -0.2) is 0 Å². The van der Waals surface area contributed by atoms with Crippen molar-refractivity contribution in [2.45, 2.75) is 32.6 Å². The fourth-order valence-electron chi connectivity index (χ4n) is 5.99. The third-order valence-electron chi connectivity index (χ3n) is 7.51. The number of nitrogens with zero attached hydrogens (tertiary/aromatic N) is 1. The van der Waals surface area contributed by atoms with Crippen molar-refractivity contribution in [1.29, 1.82) is 0 Å². The Morgan fingerprint density at radius 1 is 1.12 bits per heavy atom. The smallest absolute Gasteiger partial charge is 0.233 e. The van der Waals surface area contributed by atoms with Crippen molar-refractivity contribution in [3.8, 4) is 11.5 Å². The van der Waals surface area contributed by atoms with Gasteiger partial charge >= 0.3 is 0 Å². The van der Waals surface area contributed by atoms with Gasteiger partial charge < -0.3 is 9.84 Å². The first kappa shape index (κ1) is 21.4. The van der Waals surface area contributed by atoms with E-state index in [2.05, 4.69) is 0 Å². The summed E-state index contributed by atoms with van der Waals surface area (Å²) in [6.45, 7) is 3.73. The maximum absolute atomic E-state index is 13.3. The lowest BCUT2D eigenvalue weighted by atomic mass is 9.59. The summed E-state index contributed by atoms with van der Waals surface area (Å²) in [6.07, 6.45) is 4.03. The van der Waals surface area contributed by atoms with Gasteiger partial charge in [-0.15, -0.1) is 0 Å². The predicted octanol–water partition coefficient (Wildman–Crippen LogP) is 2.85. The molecule has 7 heteroatoms. The number of Topliss-reactive ketones (excluding diaryl/α,β-unsaturated/α-hetero) is 1. The van der Waals surface area contributed by atoms with E-state index in [0.29, 0.717) is 35.2 Å². The third kappa shape index (κ3) is 2.95. The number of imide groups is 1. The summed E-state index contributed by atoms with van der Waals surface area (Å²) < 4.78 is 5.29. The van der Waals surface area contributed by atoms with Crippen LogP contribution in [0.5, 0.6) is 11.5 Å². The average Bonchev–Trinajstić information content (AvgIpc) is 3.06. The normalized spacial score (nSPS) is 28.9. The number of hydrogen-bond acceptors (Lipinski definition) is 6. The number of carbonyl (C=O) groups is 4. The molecule has 2 amide bonds. The van der Waals surface area contributed by atoms with Crippen LogP contribution in [-0.4, -0.2) is 47.0 Å². The topological polar surface area (TPSA) is 101 Å². The van der Waals surface area contributed by atoms with E-state index in [9.17, 15) is 24.3 Å². The Balaban J connectivity index is 1.71. The number of phenolic OH excluding ortho intramolecular Hbond substituents is 1. The molecule has 1 heterocycles. The van der Waals surface area contributed by atoms with Gasteiger partial charge in [-0.2, -0.15) is 0 Å². The lowest BCUT2D eigenvalue weighted by molar-refractivity contribution is -0.139. The molecular weight excluding hydrogens is 422 g/mol. The van der Waals surface area contributed by atoms with Crippen LogP contribution < -0.4 is 4.74 Å². The first-order valence-electron chi connectivity index (χ1n) is 11.2. The Labute approximate surface area is 191 Å². The van der Waals surface area contributed by atoms with Crippen molar-refractivity contribution in [3.05, 3.63) is 58.2 Å². The zero-order valence-electron chi connectivity index (χ0n) is 18.8. The van der Waals surface area contributed by atoms with E-state index in [1.165, 1.54) is 24.2 Å². The van der Waals surface area contributed by atoms with E-state index >= 15 is 0 Å². The molecule has 33 heavy (non-hydrogen) atoms. The molecule has 170 valence electrons. The quantitative estimate of drug-likeness (QED) is 0.434. The number of methoxy groups -OCH3 is 1. The SMILES string of the molecule is CCN1C(=O)[C@H]2[C@H](CC=C3[C@H](c4ccc(O)c(OC)c4)C4=C(C[C@H]32)C(=O)C=C(C)C4=O)C1=O. The number of allylic oxidation sites excluding steroid dienone is 6. The summed E-state index contributed by atoms with van der Waals surface area (Å²) in [5, 5.41) is 10.1. The van der Waals surface area contributed by atoms with Crippen LogP contribution in [-0.2, 0) is 19.2 Å². The number of likely N-dealkylation sites (tertiary alicyclic amines) is 1. The molecule has 0 spiro atoms. The van der Waals surface area contributed by atoms with Crippen LogP contribution in [0.1, 0.15) is 38.2 Å². The maximum atomic E-state index is 13.3. The van der Waals surface area contributed by atoms with Crippen LogP contribution in [0.3, 0.4) is 0 Å². The largest absolute Gasteiger partial charge is 0.504 e. The van der Waals surface area contributed by atoms with Crippen LogP contribution in [0.2, 0.25) is 0 Å². The van der Waals surface area contributed by atoms with Crippen molar-refractivity contribution >= 4 is 23.4 Å². The highest BCUT2D eigenvalue weighted by molar-refractivity contribution is 6.23. The number of ketones is 2. The molecule has 4 aliphatic rings. The minimum atomic E-state index is -0.548. The number of aromatic hydroxyl groups is 1. The van der Waals surface area contributed by atoms with Crippen molar-refractivity contribution in [2.24, 2.45) is 17.8 Å². The molecule has 0 bridgehead atoms. The minimum absolute atomic E-state index is 0.0298. The Bertz CT molecular complexity index is 1220. The molecule has 1 aliphatic heterocycles. The van der Waals surface area contributed by atoms with Gasteiger partial charge in [-0.1, -0.05) is 17.7 Å². The molecular formula is C26H25NO6. The summed E-state index contributed by atoms with van der Waals surface area (Å²) in [7, 11) is 1.45. The Kier molecular flexibility index (Phi) is 4.88.